The van der Waals surface area contributed by atoms with E-state index in [1.807, 2.05) is 0 Å². The predicted molar refractivity (Wildman–Crippen MR) is 80.0 cm³/mol. The minimum absolute atomic E-state index is 0.262. The van der Waals surface area contributed by atoms with Crippen LogP contribution in [0.1, 0.15) is 12.1 Å². The van der Waals surface area contributed by atoms with E-state index >= 15 is 0 Å². The van der Waals surface area contributed by atoms with Crippen LogP contribution < -0.4 is 10.6 Å². The summed E-state index contributed by atoms with van der Waals surface area (Å²) < 4.78 is 44.3. The zero-order valence-electron chi connectivity index (χ0n) is 12.7. The number of halogens is 3. The van der Waals surface area contributed by atoms with E-state index in [2.05, 4.69) is 15.6 Å². The van der Waals surface area contributed by atoms with Crippen LogP contribution in [0.2, 0.25) is 0 Å². The molecule has 0 radical (unpaired) electrons. The van der Waals surface area contributed by atoms with Crippen LogP contribution >= 0.6 is 0 Å². The summed E-state index contributed by atoms with van der Waals surface area (Å²) in [5.41, 5.74) is 1.25. The fourth-order valence-electron chi connectivity index (χ4n) is 2.48. The van der Waals surface area contributed by atoms with Crippen LogP contribution in [-0.4, -0.2) is 35.9 Å². The lowest BCUT2D eigenvalue weighted by Gasteiger charge is -2.10. The summed E-state index contributed by atoms with van der Waals surface area (Å²) in [4.78, 5) is 16.0. The molecule has 5 nitrogen and oxygen atoms in total. The topological polar surface area (TPSA) is 67.2 Å². The van der Waals surface area contributed by atoms with E-state index in [9.17, 15) is 18.0 Å². The molecule has 1 aromatic carbocycles. The molecule has 2 heterocycles. The molecule has 2 aromatic rings. The van der Waals surface area contributed by atoms with Crippen LogP contribution in [0.15, 0.2) is 34.9 Å². The van der Waals surface area contributed by atoms with Crippen molar-refractivity contribution in [2.75, 3.05) is 13.1 Å². The molecule has 2 N–H and O–H groups in total. The standard InChI is InChI=1S/C16H16F3N3O2/c17-11-3-1-10(2-4-11)15-22-12(8-24-15)5-6-20-14(23)13-7-16(18,19)9-21-13/h1-4,8,13,21H,5-7,9H2,(H,20,23). The molecule has 0 spiro atoms. The third-order valence-corrected chi connectivity index (χ3v) is 3.75. The normalized spacial score (nSPS) is 19.4. The lowest BCUT2D eigenvalue weighted by atomic mass is 10.2. The molecule has 0 aliphatic carbocycles. The van der Waals surface area contributed by atoms with Gasteiger partial charge in [-0.25, -0.2) is 18.2 Å². The second-order valence-corrected chi connectivity index (χ2v) is 5.69. The van der Waals surface area contributed by atoms with Crippen molar-refractivity contribution >= 4 is 5.91 Å². The van der Waals surface area contributed by atoms with Crippen LogP contribution in [0.3, 0.4) is 0 Å². The Balaban J connectivity index is 1.49. The van der Waals surface area contributed by atoms with Crippen molar-refractivity contribution in [2.24, 2.45) is 0 Å². The number of nitrogens with zero attached hydrogens (tertiary/aromatic N) is 1. The van der Waals surface area contributed by atoms with Crippen LogP contribution in [0.25, 0.3) is 11.5 Å². The molecular formula is C16H16F3N3O2. The summed E-state index contributed by atoms with van der Waals surface area (Å²) in [5.74, 6) is -3.28. The molecule has 1 saturated heterocycles. The van der Waals surface area contributed by atoms with E-state index in [0.717, 1.165) is 0 Å². The molecule has 1 amide bonds. The van der Waals surface area contributed by atoms with Crippen molar-refractivity contribution in [2.45, 2.75) is 24.8 Å². The largest absolute Gasteiger partial charge is 0.444 e. The Bertz CT molecular complexity index is 716. The van der Waals surface area contributed by atoms with Gasteiger partial charge in [-0.15, -0.1) is 0 Å². The van der Waals surface area contributed by atoms with Crippen molar-refractivity contribution in [3.05, 3.63) is 42.0 Å². The molecule has 1 atom stereocenters. The van der Waals surface area contributed by atoms with Gasteiger partial charge in [-0.2, -0.15) is 0 Å². The lowest BCUT2D eigenvalue weighted by molar-refractivity contribution is -0.123. The van der Waals surface area contributed by atoms with Gasteiger partial charge < -0.3 is 9.73 Å². The minimum atomic E-state index is -2.84. The Morgan fingerprint density at radius 2 is 2.12 bits per heavy atom. The van der Waals surface area contributed by atoms with E-state index < -0.39 is 30.8 Å². The number of rotatable bonds is 5. The highest BCUT2D eigenvalue weighted by atomic mass is 19.3. The molecule has 128 valence electrons. The average Bonchev–Trinajstić information content (AvgIpc) is 3.14. The minimum Gasteiger partial charge on any atom is -0.444 e. The summed E-state index contributed by atoms with van der Waals surface area (Å²) in [6.45, 7) is -0.215. The molecule has 0 saturated carbocycles. The third-order valence-electron chi connectivity index (χ3n) is 3.75. The molecule has 3 rings (SSSR count). The average molecular weight is 339 g/mol. The summed E-state index contributed by atoms with van der Waals surface area (Å²) in [7, 11) is 0. The van der Waals surface area contributed by atoms with Gasteiger partial charge in [0.1, 0.15) is 12.1 Å². The van der Waals surface area contributed by atoms with Crippen LogP contribution in [0.5, 0.6) is 0 Å². The predicted octanol–water partition coefficient (Wildman–Crippen LogP) is 2.14. The van der Waals surface area contributed by atoms with E-state index in [0.29, 0.717) is 23.6 Å². The first-order valence-corrected chi connectivity index (χ1v) is 7.52. The van der Waals surface area contributed by atoms with E-state index in [1.165, 1.54) is 18.4 Å². The monoisotopic (exact) mass is 339 g/mol. The Morgan fingerprint density at radius 3 is 2.79 bits per heavy atom. The summed E-state index contributed by atoms with van der Waals surface area (Å²) in [6, 6.07) is 4.86. The van der Waals surface area contributed by atoms with Gasteiger partial charge >= 0.3 is 0 Å². The molecule has 1 unspecified atom stereocenters. The maximum atomic E-state index is 13.0. The van der Waals surface area contributed by atoms with Crippen molar-refractivity contribution in [3.63, 3.8) is 0 Å². The summed E-state index contributed by atoms with van der Waals surface area (Å²) in [5, 5.41) is 5.10. The van der Waals surface area contributed by atoms with Gasteiger partial charge in [0.15, 0.2) is 0 Å². The van der Waals surface area contributed by atoms with Gasteiger partial charge in [0, 0.05) is 24.9 Å². The maximum absolute atomic E-state index is 13.0. The van der Waals surface area contributed by atoms with Crippen LogP contribution in [-0.2, 0) is 11.2 Å². The zero-order valence-corrected chi connectivity index (χ0v) is 12.7. The van der Waals surface area contributed by atoms with Gasteiger partial charge in [0.25, 0.3) is 5.92 Å². The van der Waals surface area contributed by atoms with Gasteiger partial charge in [-0.3, -0.25) is 10.1 Å². The number of nitrogens with one attached hydrogen (secondary N) is 2. The number of benzene rings is 1. The van der Waals surface area contributed by atoms with Crippen molar-refractivity contribution in [1.82, 2.24) is 15.6 Å². The third kappa shape index (κ3) is 3.94. The second kappa shape index (κ2) is 6.64. The lowest BCUT2D eigenvalue weighted by Crippen LogP contribution is -2.41. The number of amides is 1. The van der Waals surface area contributed by atoms with Crippen molar-refractivity contribution in [3.8, 4) is 11.5 Å². The number of aromatic nitrogens is 1. The van der Waals surface area contributed by atoms with Crippen LogP contribution in [0, 0.1) is 5.82 Å². The van der Waals surface area contributed by atoms with Crippen LogP contribution in [0.4, 0.5) is 13.2 Å². The molecular weight excluding hydrogens is 323 g/mol. The summed E-state index contributed by atoms with van der Waals surface area (Å²) >= 11 is 0. The molecule has 8 heteroatoms. The highest BCUT2D eigenvalue weighted by molar-refractivity contribution is 5.82. The molecule has 0 bridgehead atoms. The maximum Gasteiger partial charge on any atom is 0.262 e. The zero-order chi connectivity index (χ0) is 17.2. The molecule has 24 heavy (non-hydrogen) atoms. The number of hydrogen-bond acceptors (Lipinski definition) is 4. The molecule has 1 aromatic heterocycles. The first-order valence-electron chi connectivity index (χ1n) is 7.52. The van der Waals surface area contributed by atoms with Gasteiger partial charge in [-0.1, -0.05) is 0 Å². The molecule has 1 aliphatic heterocycles. The number of oxazole rings is 1. The van der Waals surface area contributed by atoms with Crippen molar-refractivity contribution < 1.29 is 22.4 Å². The van der Waals surface area contributed by atoms with Gasteiger partial charge in [0.2, 0.25) is 11.8 Å². The smallest absolute Gasteiger partial charge is 0.262 e. The Hall–Kier alpha value is -2.35. The number of carbonyl (C=O) groups is 1. The van der Waals surface area contributed by atoms with Crippen molar-refractivity contribution in [1.29, 1.82) is 0 Å². The molecule has 1 aliphatic rings. The fourth-order valence-corrected chi connectivity index (χ4v) is 2.48. The number of alkyl halides is 2. The Morgan fingerprint density at radius 1 is 1.38 bits per heavy atom. The first-order chi connectivity index (χ1) is 11.4. The number of carbonyl (C=O) groups excluding carboxylic acids is 1. The van der Waals surface area contributed by atoms with Gasteiger partial charge in [0.05, 0.1) is 18.3 Å². The quantitative estimate of drug-likeness (QED) is 0.876. The van der Waals surface area contributed by atoms with E-state index in [1.54, 1.807) is 12.1 Å². The second-order valence-electron chi connectivity index (χ2n) is 5.69. The Kier molecular flexibility index (Phi) is 4.57. The SMILES string of the molecule is O=C(NCCc1coc(-c2ccc(F)cc2)n1)C1CC(F)(F)CN1. The number of hydrogen-bond donors (Lipinski definition) is 2. The highest BCUT2D eigenvalue weighted by Crippen LogP contribution is 2.25. The van der Waals surface area contributed by atoms with Gasteiger partial charge in [-0.05, 0) is 24.3 Å². The molecule has 1 fully saturated rings. The Labute approximate surface area is 136 Å². The van der Waals surface area contributed by atoms with E-state index in [-0.39, 0.29) is 12.4 Å². The van der Waals surface area contributed by atoms with E-state index in [4.69, 9.17) is 4.42 Å². The fraction of sp³-hybridized carbons (Fsp3) is 0.375. The first kappa shape index (κ1) is 16.5. The summed E-state index contributed by atoms with van der Waals surface area (Å²) in [6.07, 6.45) is 1.36. The highest BCUT2D eigenvalue weighted by Gasteiger charge is 2.42.